The molecule has 34 heavy (non-hydrogen) atoms. The molecule has 0 aliphatic rings. The number of aromatic nitrogens is 2. The van der Waals surface area contributed by atoms with Crippen LogP contribution in [0.25, 0.3) is 5.69 Å². The largest absolute Gasteiger partial charge is 0.497 e. The number of hydrogen-bond donors (Lipinski definition) is 1. The summed E-state index contributed by atoms with van der Waals surface area (Å²) >= 11 is 6.22. The lowest BCUT2D eigenvalue weighted by molar-refractivity contribution is -0.116. The molecule has 2 aromatic carbocycles. The van der Waals surface area contributed by atoms with Crippen LogP contribution in [0.5, 0.6) is 5.75 Å². The summed E-state index contributed by atoms with van der Waals surface area (Å²) in [6, 6.07) is 16.1. The van der Waals surface area contributed by atoms with Gasteiger partial charge in [0.05, 0.1) is 29.1 Å². The lowest BCUT2D eigenvalue weighted by Gasteiger charge is -2.22. The van der Waals surface area contributed by atoms with Gasteiger partial charge >= 0.3 is 0 Å². The van der Waals surface area contributed by atoms with Gasteiger partial charge < -0.3 is 15.0 Å². The molecule has 1 aromatic heterocycles. The zero-order valence-electron chi connectivity index (χ0n) is 20.3. The highest BCUT2D eigenvalue weighted by molar-refractivity contribution is 6.33. The number of benzene rings is 2. The second kappa shape index (κ2) is 10.7. The van der Waals surface area contributed by atoms with E-state index in [1.807, 2.05) is 37.3 Å². The first-order chi connectivity index (χ1) is 16.1. The van der Waals surface area contributed by atoms with E-state index in [1.54, 1.807) is 36.1 Å². The normalized spacial score (nSPS) is 11.2. The summed E-state index contributed by atoms with van der Waals surface area (Å²) in [5.41, 5.74) is 1.77. The predicted octanol–water partition coefficient (Wildman–Crippen LogP) is 5.32. The van der Waals surface area contributed by atoms with E-state index in [2.05, 4.69) is 26.1 Å². The van der Waals surface area contributed by atoms with Gasteiger partial charge in [0, 0.05) is 18.0 Å². The number of halogens is 1. The van der Waals surface area contributed by atoms with E-state index < -0.39 is 0 Å². The Hall–Kier alpha value is -3.32. The van der Waals surface area contributed by atoms with Crippen molar-refractivity contribution in [3.63, 3.8) is 0 Å². The number of anilines is 1. The van der Waals surface area contributed by atoms with Crippen LogP contribution in [-0.2, 0) is 10.2 Å². The third-order valence-electron chi connectivity index (χ3n) is 5.28. The number of hydrogen-bond acceptors (Lipinski definition) is 4. The average Bonchev–Trinajstić information content (AvgIpc) is 3.23. The molecule has 0 spiro atoms. The highest BCUT2D eigenvalue weighted by Gasteiger charge is 2.24. The molecule has 1 N–H and O–H groups in total. The minimum absolute atomic E-state index is 0.101. The molecule has 8 heteroatoms. The minimum atomic E-state index is -0.316. The summed E-state index contributed by atoms with van der Waals surface area (Å²) in [5, 5.41) is 8.04. The lowest BCUT2D eigenvalue weighted by atomic mass is 9.92. The molecule has 3 rings (SSSR count). The second-order valence-corrected chi connectivity index (χ2v) is 9.44. The van der Waals surface area contributed by atoms with Crippen LogP contribution in [-0.4, -0.2) is 46.7 Å². The van der Waals surface area contributed by atoms with Gasteiger partial charge in [-0.1, -0.05) is 51.4 Å². The third kappa shape index (κ3) is 5.97. The van der Waals surface area contributed by atoms with Crippen LogP contribution < -0.4 is 10.1 Å². The fourth-order valence-corrected chi connectivity index (χ4v) is 3.66. The number of rotatable bonds is 8. The Morgan fingerprint density at radius 1 is 1.12 bits per heavy atom. The highest BCUT2D eigenvalue weighted by Crippen LogP contribution is 2.27. The number of amides is 2. The molecule has 0 saturated heterocycles. The molecule has 7 nitrogen and oxygen atoms in total. The monoisotopic (exact) mass is 482 g/mol. The summed E-state index contributed by atoms with van der Waals surface area (Å²) in [6.45, 7) is 8.47. The maximum absolute atomic E-state index is 13.1. The van der Waals surface area contributed by atoms with Crippen LogP contribution in [0, 0.1) is 0 Å². The van der Waals surface area contributed by atoms with E-state index in [0.29, 0.717) is 29.4 Å². The average molecular weight is 483 g/mol. The standard InChI is InChI=1S/C26H31ClN4O3/c1-6-15-30(25(33)20-9-7-8-10-21(20)27)17-24(32)28-23-16-22(26(2,3)4)29-31(23)18-11-13-19(34-5)14-12-18/h7-14,16H,6,15,17H2,1-5H3,(H,28,32). The fraction of sp³-hybridized carbons (Fsp3) is 0.346. The number of carbonyl (C=O) groups is 2. The Labute approximate surface area is 205 Å². The van der Waals surface area contributed by atoms with Crippen molar-refractivity contribution in [3.8, 4) is 11.4 Å². The Morgan fingerprint density at radius 2 is 1.79 bits per heavy atom. The van der Waals surface area contributed by atoms with Crippen LogP contribution in [0.1, 0.15) is 50.2 Å². The van der Waals surface area contributed by atoms with Crippen molar-refractivity contribution in [2.24, 2.45) is 0 Å². The summed E-state index contributed by atoms with van der Waals surface area (Å²) in [5.74, 6) is 0.665. The van der Waals surface area contributed by atoms with Gasteiger partial charge in [-0.3, -0.25) is 9.59 Å². The molecular weight excluding hydrogens is 452 g/mol. The first kappa shape index (κ1) is 25.3. The molecule has 0 radical (unpaired) electrons. The van der Waals surface area contributed by atoms with Crippen molar-refractivity contribution in [3.05, 3.63) is 70.9 Å². The molecule has 0 saturated carbocycles. The van der Waals surface area contributed by atoms with Gasteiger partial charge in [0.2, 0.25) is 5.91 Å². The van der Waals surface area contributed by atoms with E-state index >= 15 is 0 Å². The molecule has 0 atom stereocenters. The highest BCUT2D eigenvalue weighted by atomic mass is 35.5. The number of carbonyl (C=O) groups excluding carboxylic acids is 2. The Morgan fingerprint density at radius 3 is 2.38 bits per heavy atom. The molecular formula is C26H31ClN4O3. The van der Waals surface area contributed by atoms with Crippen LogP contribution in [0.2, 0.25) is 5.02 Å². The smallest absolute Gasteiger partial charge is 0.255 e. The SMILES string of the molecule is CCCN(CC(=O)Nc1cc(C(C)(C)C)nn1-c1ccc(OC)cc1)C(=O)c1ccccc1Cl. The third-order valence-corrected chi connectivity index (χ3v) is 5.61. The van der Waals surface area contributed by atoms with Crippen molar-refractivity contribution < 1.29 is 14.3 Å². The van der Waals surface area contributed by atoms with Crippen LogP contribution in [0.4, 0.5) is 5.82 Å². The Balaban J connectivity index is 1.86. The summed E-state index contributed by atoms with van der Waals surface area (Å²) in [7, 11) is 1.61. The minimum Gasteiger partial charge on any atom is -0.497 e. The van der Waals surface area contributed by atoms with E-state index in [0.717, 1.165) is 17.1 Å². The van der Waals surface area contributed by atoms with Crippen molar-refractivity contribution in [1.29, 1.82) is 0 Å². The lowest BCUT2D eigenvalue weighted by Crippen LogP contribution is -2.38. The van der Waals surface area contributed by atoms with Crippen molar-refractivity contribution in [2.75, 3.05) is 25.5 Å². The first-order valence-corrected chi connectivity index (χ1v) is 11.6. The van der Waals surface area contributed by atoms with Crippen molar-refractivity contribution in [1.82, 2.24) is 14.7 Å². The van der Waals surface area contributed by atoms with E-state index in [1.165, 1.54) is 4.90 Å². The fourth-order valence-electron chi connectivity index (χ4n) is 3.44. The number of ether oxygens (including phenoxy) is 1. The predicted molar refractivity (Wildman–Crippen MR) is 135 cm³/mol. The van der Waals surface area contributed by atoms with Gasteiger partial charge in [-0.25, -0.2) is 4.68 Å². The quantitative estimate of drug-likeness (QED) is 0.471. The molecule has 0 aliphatic heterocycles. The van der Waals surface area contributed by atoms with Gasteiger partial charge in [0.25, 0.3) is 5.91 Å². The van der Waals surface area contributed by atoms with Gasteiger partial charge in [-0.05, 0) is 42.8 Å². The molecule has 1 heterocycles. The van der Waals surface area contributed by atoms with Crippen molar-refractivity contribution >= 4 is 29.2 Å². The molecule has 0 fully saturated rings. The topological polar surface area (TPSA) is 76.5 Å². The molecule has 0 aliphatic carbocycles. The molecule has 3 aromatic rings. The summed E-state index contributed by atoms with van der Waals surface area (Å²) in [4.78, 5) is 27.6. The van der Waals surface area contributed by atoms with Gasteiger partial charge in [0.1, 0.15) is 18.1 Å². The van der Waals surface area contributed by atoms with E-state index in [9.17, 15) is 9.59 Å². The molecule has 0 unspecified atom stereocenters. The van der Waals surface area contributed by atoms with Crippen LogP contribution in [0.3, 0.4) is 0 Å². The number of methoxy groups -OCH3 is 1. The maximum Gasteiger partial charge on any atom is 0.255 e. The first-order valence-electron chi connectivity index (χ1n) is 11.2. The van der Waals surface area contributed by atoms with Crippen LogP contribution in [0.15, 0.2) is 54.6 Å². The number of nitrogens with zero attached hydrogens (tertiary/aromatic N) is 3. The van der Waals surface area contributed by atoms with Gasteiger partial charge in [0.15, 0.2) is 0 Å². The van der Waals surface area contributed by atoms with Gasteiger partial charge in [-0.2, -0.15) is 5.10 Å². The van der Waals surface area contributed by atoms with E-state index in [4.69, 9.17) is 21.4 Å². The second-order valence-electron chi connectivity index (χ2n) is 9.03. The maximum atomic E-state index is 13.1. The number of nitrogens with one attached hydrogen (secondary N) is 1. The zero-order chi connectivity index (χ0) is 24.9. The summed E-state index contributed by atoms with van der Waals surface area (Å²) in [6.07, 6.45) is 0.710. The van der Waals surface area contributed by atoms with E-state index in [-0.39, 0.29) is 23.8 Å². The molecule has 180 valence electrons. The molecule has 0 bridgehead atoms. The van der Waals surface area contributed by atoms with Crippen molar-refractivity contribution in [2.45, 2.75) is 39.5 Å². The Kier molecular flexibility index (Phi) is 7.99. The Bertz CT molecular complexity index is 1150. The summed E-state index contributed by atoms with van der Waals surface area (Å²) < 4.78 is 6.94. The molecule has 2 amide bonds. The van der Waals surface area contributed by atoms with Gasteiger partial charge in [-0.15, -0.1) is 0 Å². The van der Waals surface area contributed by atoms with Crippen LogP contribution >= 0.6 is 11.6 Å². The zero-order valence-corrected chi connectivity index (χ0v) is 21.0.